The standard InChI is InChI=1S/C20H17N3OS/c21-10-14-9-13-5-1-3-7-17(13)23-20(14)25-12-19(24)16-11-22-18-8-4-2-6-15(16)18/h2,4,6,8-9,11,22H,1,3,5,7,12H2. The van der Waals surface area contributed by atoms with Gasteiger partial charge in [0.05, 0.1) is 11.3 Å². The van der Waals surface area contributed by atoms with Crippen molar-refractivity contribution in [3.8, 4) is 6.07 Å². The fourth-order valence-corrected chi connectivity index (χ4v) is 4.18. The molecule has 0 spiro atoms. The molecular formula is C20H17N3OS. The highest BCUT2D eigenvalue weighted by Crippen LogP contribution is 2.28. The first-order chi connectivity index (χ1) is 12.3. The Morgan fingerprint density at radius 2 is 2.12 bits per heavy atom. The molecule has 0 amide bonds. The second-order valence-corrected chi connectivity index (χ2v) is 7.19. The van der Waals surface area contributed by atoms with Crippen molar-refractivity contribution in [2.75, 3.05) is 5.75 Å². The van der Waals surface area contributed by atoms with Gasteiger partial charge in [0, 0.05) is 28.4 Å². The van der Waals surface area contributed by atoms with Gasteiger partial charge in [-0.15, -0.1) is 0 Å². The molecule has 0 bridgehead atoms. The highest BCUT2D eigenvalue weighted by Gasteiger charge is 2.17. The second-order valence-electron chi connectivity index (χ2n) is 6.23. The van der Waals surface area contributed by atoms with Gasteiger partial charge in [0.15, 0.2) is 5.78 Å². The number of thioether (sulfide) groups is 1. The van der Waals surface area contributed by atoms with Crippen LogP contribution in [0, 0.1) is 11.3 Å². The van der Waals surface area contributed by atoms with Crippen molar-refractivity contribution in [2.24, 2.45) is 0 Å². The van der Waals surface area contributed by atoms with Crippen molar-refractivity contribution < 1.29 is 4.79 Å². The van der Waals surface area contributed by atoms with E-state index in [-0.39, 0.29) is 11.5 Å². The van der Waals surface area contributed by atoms with Crippen molar-refractivity contribution >= 4 is 28.4 Å². The third-order valence-electron chi connectivity index (χ3n) is 4.62. The molecule has 2 aromatic heterocycles. The van der Waals surface area contributed by atoms with Gasteiger partial charge in [-0.05, 0) is 43.4 Å². The third kappa shape index (κ3) is 3.06. The molecule has 2 heterocycles. The molecule has 0 atom stereocenters. The van der Waals surface area contributed by atoms with Crippen LogP contribution in [0.2, 0.25) is 0 Å². The monoisotopic (exact) mass is 347 g/mol. The molecule has 0 unspecified atom stereocenters. The molecule has 124 valence electrons. The van der Waals surface area contributed by atoms with Crippen molar-refractivity contribution in [3.05, 3.63) is 58.9 Å². The zero-order valence-electron chi connectivity index (χ0n) is 13.7. The number of carbonyl (C=O) groups is 1. The quantitative estimate of drug-likeness (QED) is 0.565. The van der Waals surface area contributed by atoms with Gasteiger partial charge < -0.3 is 4.98 Å². The minimum atomic E-state index is 0.0471. The summed E-state index contributed by atoms with van der Waals surface area (Å²) in [6, 6.07) is 12.0. The summed E-state index contributed by atoms with van der Waals surface area (Å²) >= 11 is 1.36. The summed E-state index contributed by atoms with van der Waals surface area (Å²) in [7, 11) is 0. The maximum absolute atomic E-state index is 12.6. The Bertz CT molecular complexity index is 1000. The van der Waals surface area contributed by atoms with Crippen LogP contribution in [0.15, 0.2) is 41.6 Å². The first kappa shape index (κ1) is 15.9. The number of rotatable bonds is 4. The number of benzene rings is 1. The van der Waals surface area contributed by atoms with Gasteiger partial charge in [0.25, 0.3) is 0 Å². The average molecular weight is 347 g/mol. The normalized spacial score (nSPS) is 13.4. The van der Waals surface area contributed by atoms with Crippen molar-refractivity contribution in [1.82, 2.24) is 9.97 Å². The topological polar surface area (TPSA) is 69.5 Å². The fraction of sp³-hybridized carbons (Fsp3) is 0.250. The van der Waals surface area contributed by atoms with Crippen molar-refractivity contribution in [1.29, 1.82) is 5.26 Å². The van der Waals surface area contributed by atoms with Gasteiger partial charge in [-0.25, -0.2) is 4.98 Å². The Hall–Kier alpha value is -2.58. The molecule has 4 rings (SSSR count). The number of Topliss-reactive ketones (excluding diaryl/α,β-unsaturated/α-hetero) is 1. The number of carbonyl (C=O) groups excluding carboxylic acids is 1. The molecule has 0 saturated heterocycles. The number of aryl methyl sites for hydroxylation is 2. The van der Waals surface area contributed by atoms with Gasteiger partial charge in [-0.2, -0.15) is 5.26 Å². The Morgan fingerprint density at radius 1 is 1.28 bits per heavy atom. The summed E-state index contributed by atoms with van der Waals surface area (Å²) in [5.74, 6) is 0.327. The van der Waals surface area contributed by atoms with E-state index in [1.807, 2.05) is 30.3 Å². The number of nitrogens with zero attached hydrogens (tertiary/aromatic N) is 2. The largest absolute Gasteiger partial charge is 0.360 e. The number of ketones is 1. The maximum atomic E-state index is 12.6. The molecule has 3 aromatic rings. The fourth-order valence-electron chi connectivity index (χ4n) is 3.32. The summed E-state index contributed by atoms with van der Waals surface area (Å²) in [6.45, 7) is 0. The van der Waals surface area contributed by atoms with E-state index >= 15 is 0 Å². The Morgan fingerprint density at radius 3 is 3.00 bits per heavy atom. The van der Waals surface area contributed by atoms with Crippen LogP contribution in [0.5, 0.6) is 0 Å². The number of fused-ring (bicyclic) bond motifs is 2. The lowest BCUT2D eigenvalue weighted by Crippen LogP contribution is -2.08. The van der Waals surface area contributed by atoms with Gasteiger partial charge in [0.1, 0.15) is 11.1 Å². The van der Waals surface area contributed by atoms with E-state index in [1.165, 1.54) is 17.3 Å². The third-order valence-corrected chi connectivity index (χ3v) is 5.61. The Balaban J connectivity index is 1.57. The summed E-state index contributed by atoms with van der Waals surface area (Å²) in [5, 5.41) is 11.0. The predicted octanol–water partition coefficient (Wildman–Crippen LogP) is 4.29. The molecule has 5 heteroatoms. The lowest BCUT2D eigenvalue weighted by molar-refractivity contribution is 0.102. The predicted molar refractivity (Wildman–Crippen MR) is 98.9 cm³/mol. The molecule has 0 aliphatic heterocycles. The van der Waals surface area contributed by atoms with E-state index in [2.05, 4.69) is 16.0 Å². The van der Waals surface area contributed by atoms with Gasteiger partial charge in [-0.3, -0.25) is 4.79 Å². The number of aromatic nitrogens is 2. The zero-order valence-corrected chi connectivity index (χ0v) is 14.5. The number of hydrogen-bond acceptors (Lipinski definition) is 4. The highest BCUT2D eigenvalue weighted by molar-refractivity contribution is 8.00. The van der Waals surface area contributed by atoms with E-state index in [0.717, 1.165) is 42.3 Å². The second kappa shape index (κ2) is 6.73. The van der Waals surface area contributed by atoms with Crippen LogP contribution in [-0.4, -0.2) is 21.5 Å². The van der Waals surface area contributed by atoms with Crippen LogP contribution in [0.1, 0.15) is 40.0 Å². The number of nitrogens with one attached hydrogen (secondary N) is 1. The van der Waals surface area contributed by atoms with Crippen LogP contribution >= 0.6 is 11.8 Å². The number of hydrogen-bond donors (Lipinski definition) is 1. The smallest absolute Gasteiger partial charge is 0.175 e. The molecular weight excluding hydrogens is 330 g/mol. The van der Waals surface area contributed by atoms with Crippen molar-refractivity contribution in [2.45, 2.75) is 30.7 Å². The average Bonchev–Trinajstić information content (AvgIpc) is 3.09. The van der Waals surface area contributed by atoms with E-state index < -0.39 is 0 Å². The molecule has 0 saturated carbocycles. The summed E-state index contributed by atoms with van der Waals surface area (Å²) in [5.41, 5.74) is 4.51. The van der Waals surface area contributed by atoms with Crippen LogP contribution in [0.3, 0.4) is 0 Å². The summed E-state index contributed by atoms with van der Waals surface area (Å²) in [4.78, 5) is 20.4. The SMILES string of the molecule is N#Cc1cc2c(nc1SCC(=O)c1c[nH]c3ccccc13)CCCC2. The molecule has 1 aliphatic carbocycles. The van der Waals surface area contributed by atoms with E-state index in [1.54, 1.807) is 6.20 Å². The minimum absolute atomic E-state index is 0.0471. The summed E-state index contributed by atoms with van der Waals surface area (Å²) in [6.07, 6.45) is 6.02. The van der Waals surface area contributed by atoms with Crippen LogP contribution in [-0.2, 0) is 12.8 Å². The first-order valence-electron chi connectivity index (χ1n) is 8.41. The molecule has 0 fully saturated rings. The number of nitriles is 1. The number of H-pyrrole nitrogens is 1. The Kier molecular flexibility index (Phi) is 4.29. The molecule has 0 radical (unpaired) electrons. The first-order valence-corrected chi connectivity index (χ1v) is 9.40. The molecule has 1 N–H and O–H groups in total. The van der Waals surface area contributed by atoms with Crippen LogP contribution < -0.4 is 0 Å². The van der Waals surface area contributed by atoms with E-state index in [4.69, 9.17) is 0 Å². The minimum Gasteiger partial charge on any atom is -0.360 e. The summed E-state index contributed by atoms with van der Waals surface area (Å²) < 4.78 is 0. The lowest BCUT2D eigenvalue weighted by atomic mass is 9.95. The number of pyridine rings is 1. The highest BCUT2D eigenvalue weighted by atomic mass is 32.2. The maximum Gasteiger partial charge on any atom is 0.175 e. The van der Waals surface area contributed by atoms with Crippen molar-refractivity contribution in [3.63, 3.8) is 0 Å². The number of para-hydroxylation sites is 1. The van der Waals surface area contributed by atoms with Gasteiger partial charge in [0.2, 0.25) is 0 Å². The van der Waals surface area contributed by atoms with Gasteiger partial charge >= 0.3 is 0 Å². The van der Waals surface area contributed by atoms with Crippen LogP contribution in [0.4, 0.5) is 0 Å². The van der Waals surface area contributed by atoms with Crippen LogP contribution in [0.25, 0.3) is 10.9 Å². The van der Waals surface area contributed by atoms with E-state index in [9.17, 15) is 10.1 Å². The zero-order chi connectivity index (χ0) is 17.2. The molecule has 4 nitrogen and oxygen atoms in total. The Labute approximate surface area is 150 Å². The molecule has 1 aromatic carbocycles. The van der Waals surface area contributed by atoms with Gasteiger partial charge in [-0.1, -0.05) is 30.0 Å². The number of aromatic amines is 1. The lowest BCUT2D eigenvalue weighted by Gasteiger charge is -2.16. The van der Waals surface area contributed by atoms with E-state index in [0.29, 0.717) is 16.2 Å². The molecule has 1 aliphatic rings. The molecule has 25 heavy (non-hydrogen) atoms.